The average Bonchev–Trinajstić information content (AvgIpc) is 3.23. The summed E-state index contributed by atoms with van der Waals surface area (Å²) in [7, 11) is 1.68. The SMILES string of the molecule is COc1ccc(COCCNC(C)C2CC2)cc1. The molecule has 1 aliphatic carbocycles. The number of rotatable bonds is 8. The van der Waals surface area contributed by atoms with Crippen LogP contribution < -0.4 is 10.1 Å². The maximum absolute atomic E-state index is 5.64. The number of benzene rings is 1. The lowest BCUT2D eigenvalue weighted by Crippen LogP contribution is -2.30. The fourth-order valence-electron chi connectivity index (χ4n) is 2.03. The second-order valence-corrected chi connectivity index (χ2v) is 4.98. The summed E-state index contributed by atoms with van der Waals surface area (Å²) in [5.41, 5.74) is 1.19. The molecule has 0 bridgehead atoms. The first-order chi connectivity index (χ1) is 8.79. The number of hydrogen-bond donors (Lipinski definition) is 1. The summed E-state index contributed by atoms with van der Waals surface area (Å²) in [6.45, 7) is 4.64. The van der Waals surface area contributed by atoms with Gasteiger partial charge in [-0.05, 0) is 43.4 Å². The molecule has 3 nitrogen and oxygen atoms in total. The van der Waals surface area contributed by atoms with E-state index in [2.05, 4.69) is 12.2 Å². The first-order valence-electron chi connectivity index (χ1n) is 6.73. The van der Waals surface area contributed by atoms with Gasteiger partial charge in [0.25, 0.3) is 0 Å². The highest BCUT2D eigenvalue weighted by atomic mass is 16.5. The summed E-state index contributed by atoms with van der Waals surface area (Å²) >= 11 is 0. The number of nitrogens with one attached hydrogen (secondary N) is 1. The van der Waals surface area contributed by atoms with Gasteiger partial charge in [-0.2, -0.15) is 0 Å². The Bertz CT molecular complexity index is 346. The number of methoxy groups -OCH3 is 1. The van der Waals surface area contributed by atoms with Crippen LogP contribution in [0.2, 0.25) is 0 Å². The molecule has 0 saturated heterocycles. The van der Waals surface area contributed by atoms with E-state index >= 15 is 0 Å². The Hall–Kier alpha value is -1.06. The van der Waals surface area contributed by atoms with Crippen molar-refractivity contribution in [2.24, 2.45) is 5.92 Å². The van der Waals surface area contributed by atoms with Crippen molar-refractivity contribution in [3.63, 3.8) is 0 Å². The minimum absolute atomic E-state index is 0.648. The standard InChI is InChI=1S/C15H23NO2/c1-12(14-5-6-14)16-9-10-18-11-13-3-7-15(17-2)8-4-13/h3-4,7-8,12,14,16H,5-6,9-11H2,1-2H3. The molecule has 100 valence electrons. The van der Waals surface area contributed by atoms with Crippen LogP contribution >= 0.6 is 0 Å². The molecule has 1 unspecified atom stereocenters. The van der Waals surface area contributed by atoms with Crippen LogP contribution in [-0.4, -0.2) is 26.3 Å². The highest BCUT2D eigenvalue weighted by Crippen LogP contribution is 2.32. The van der Waals surface area contributed by atoms with Crippen LogP contribution in [0.4, 0.5) is 0 Å². The Morgan fingerprint density at radius 1 is 1.28 bits per heavy atom. The normalized spacial score (nSPS) is 16.6. The predicted molar refractivity (Wildman–Crippen MR) is 72.8 cm³/mol. The van der Waals surface area contributed by atoms with Crippen molar-refractivity contribution in [2.75, 3.05) is 20.3 Å². The molecule has 0 amide bonds. The second kappa shape index (κ2) is 6.76. The molecule has 1 atom stereocenters. The molecule has 1 aromatic rings. The van der Waals surface area contributed by atoms with Gasteiger partial charge in [0.15, 0.2) is 0 Å². The number of ether oxygens (including phenoxy) is 2. The fourth-order valence-corrected chi connectivity index (χ4v) is 2.03. The zero-order valence-electron chi connectivity index (χ0n) is 11.3. The summed E-state index contributed by atoms with van der Waals surface area (Å²) in [6.07, 6.45) is 2.78. The molecule has 1 aromatic carbocycles. The summed E-state index contributed by atoms with van der Waals surface area (Å²) in [5.74, 6) is 1.80. The largest absolute Gasteiger partial charge is 0.497 e. The zero-order valence-corrected chi connectivity index (χ0v) is 11.3. The Morgan fingerprint density at radius 3 is 2.61 bits per heavy atom. The van der Waals surface area contributed by atoms with Gasteiger partial charge in [0.05, 0.1) is 20.3 Å². The van der Waals surface area contributed by atoms with Gasteiger partial charge >= 0.3 is 0 Å². The van der Waals surface area contributed by atoms with Crippen LogP contribution in [0.3, 0.4) is 0 Å². The van der Waals surface area contributed by atoms with E-state index in [-0.39, 0.29) is 0 Å². The van der Waals surface area contributed by atoms with Crippen molar-refractivity contribution in [3.8, 4) is 5.75 Å². The fraction of sp³-hybridized carbons (Fsp3) is 0.600. The topological polar surface area (TPSA) is 30.5 Å². The van der Waals surface area contributed by atoms with E-state index in [9.17, 15) is 0 Å². The van der Waals surface area contributed by atoms with E-state index in [4.69, 9.17) is 9.47 Å². The van der Waals surface area contributed by atoms with Crippen molar-refractivity contribution >= 4 is 0 Å². The van der Waals surface area contributed by atoms with Crippen LogP contribution in [-0.2, 0) is 11.3 Å². The molecule has 0 radical (unpaired) electrons. The van der Waals surface area contributed by atoms with Crippen molar-refractivity contribution in [2.45, 2.75) is 32.4 Å². The summed E-state index contributed by atoms with van der Waals surface area (Å²) in [5, 5.41) is 3.50. The average molecular weight is 249 g/mol. The predicted octanol–water partition coefficient (Wildman–Crippen LogP) is 2.60. The van der Waals surface area contributed by atoms with Gasteiger partial charge in [-0.1, -0.05) is 12.1 Å². The summed E-state index contributed by atoms with van der Waals surface area (Å²) < 4.78 is 10.8. The summed E-state index contributed by atoms with van der Waals surface area (Å²) in [6, 6.07) is 8.66. The molecule has 0 heterocycles. The van der Waals surface area contributed by atoms with E-state index in [1.807, 2.05) is 24.3 Å². The first-order valence-corrected chi connectivity index (χ1v) is 6.73. The zero-order chi connectivity index (χ0) is 12.8. The van der Waals surface area contributed by atoms with Gasteiger partial charge < -0.3 is 14.8 Å². The van der Waals surface area contributed by atoms with E-state index in [1.165, 1.54) is 18.4 Å². The van der Waals surface area contributed by atoms with Gasteiger partial charge in [0.1, 0.15) is 5.75 Å². The van der Waals surface area contributed by atoms with E-state index in [0.29, 0.717) is 12.6 Å². The third kappa shape index (κ3) is 4.31. The Morgan fingerprint density at radius 2 is 2.00 bits per heavy atom. The van der Waals surface area contributed by atoms with Gasteiger partial charge in [0, 0.05) is 12.6 Å². The highest BCUT2D eigenvalue weighted by Gasteiger charge is 2.27. The van der Waals surface area contributed by atoms with Crippen molar-refractivity contribution in [1.29, 1.82) is 0 Å². The van der Waals surface area contributed by atoms with Crippen molar-refractivity contribution < 1.29 is 9.47 Å². The van der Waals surface area contributed by atoms with Gasteiger partial charge in [0.2, 0.25) is 0 Å². The first kappa shape index (κ1) is 13.4. The lowest BCUT2D eigenvalue weighted by molar-refractivity contribution is 0.120. The highest BCUT2D eigenvalue weighted by molar-refractivity contribution is 5.26. The third-order valence-corrected chi connectivity index (χ3v) is 3.47. The van der Waals surface area contributed by atoms with Crippen LogP contribution in [0, 0.1) is 5.92 Å². The van der Waals surface area contributed by atoms with Gasteiger partial charge in [-0.3, -0.25) is 0 Å². The lowest BCUT2D eigenvalue weighted by Gasteiger charge is -2.12. The van der Waals surface area contributed by atoms with Crippen LogP contribution in [0.1, 0.15) is 25.3 Å². The van der Waals surface area contributed by atoms with E-state index in [1.54, 1.807) is 7.11 Å². The molecular weight excluding hydrogens is 226 g/mol. The summed E-state index contributed by atoms with van der Waals surface area (Å²) in [4.78, 5) is 0. The van der Waals surface area contributed by atoms with Crippen LogP contribution in [0.25, 0.3) is 0 Å². The smallest absolute Gasteiger partial charge is 0.118 e. The Kier molecular flexibility index (Phi) is 5.02. The Balaban J connectivity index is 1.56. The molecular formula is C15H23NO2. The van der Waals surface area contributed by atoms with E-state index in [0.717, 1.165) is 24.8 Å². The monoisotopic (exact) mass is 249 g/mol. The molecule has 18 heavy (non-hydrogen) atoms. The molecule has 1 saturated carbocycles. The third-order valence-electron chi connectivity index (χ3n) is 3.47. The van der Waals surface area contributed by atoms with Gasteiger partial charge in [-0.15, -0.1) is 0 Å². The maximum Gasteiger partial charge on any atom is 0.118 e. The molecule has 0 aliphatic heterocycles. The molecule has 0 aromatic heterocycles. The van der Waals surface area contributed by atoms with Crippen LogP contribution in [0.5, 0.6) is 5.75 Å². The molecule has 3 heteroatoms. The minimum atomic E-state index is 0.648. The molecule has 1 aliphatic rings. The minimum Gasteiger partial charge on any atom is -0.497 e. The van der Waals surface area contributed by atoms with Gasteiger partial charge in [-0.25, -0.2) is 0 Å². The van der Waals surface area contributed by atoms with E-state index < -0.39 is 0 Å². The Labute approximate surface area is 109 Å². The van der Waals surface area contributed by atoms with Crippen LogP contribution in [0.15, 0.2) is 24.3 Å². The number of hydrogen-bond acceptors (Lipinski definition) is 3. The maximum atomic E-state index is 5.64. The van der Waals surface area contributed by atoms with Crippen molar-refractivity contribution in [3.05, 3.63) is 29.8 Å². The quantitative estimate of drug-likeness (QED) is 0.718. The molecule has 2 rings (SSSR count). The second-order valence-electron chi connectivity index (χ2n) is 4.98. The lowest BCUT2D eigenvalue weighted by atomic mass is 10.2. The molecule has 1 fully saturated rings. The molecule has 0 spiro atoms. The van der Waals surface area contributed by atoms with Crippen molar-refractivity contribution in [1.82, 2.24) is 5.32 Å². The molecule has 1 N–H and O–H groups in total.